The fraction of sp³-hybridized carbons (Fsp3) is 0. The lowest BCUT2D eigenvalue weighted by atomic mass is 10.5. The average molecular weight is 238 g/mol. The molecule has 0 aliphatic rings. The molecule has 2 aromatic heterocycles. The number of carboxylic acid groups (broad SMARTS) is 1. The highest BCUT2D eigenvalue weighted by Gasteiger charge is 2.09. The van der Waals surface area contributed by atoms with E-state index in [4.69, 9.17) is 5.11 Å². The maximum atomic E-state index is 10.6. The zero-order valence-corrected chi connectivity index (χ0v) is 9.09. The first-order valence-corrected chi connectivity index (χ1v) is 5.72. The van der Waals surface area contributed by atoms with Crippen molar-refractivity contribution in [2.45, 2.75) is 9.24 Å². The van der Waals surface area contributed by atoms with E-state index in [1.54, 1.807) is 12.4 Å². The van der Waals surface area contributed by atoms with E-state index < -0.39 is 5.97 Å². The fourth-order valence-electron chi connectivity index (χ4n) is 0.909. The number of hydrogen-bond acceptors (Lipinski definition) is 5. The highest BCUT2D eigenvalue weighted by Crippen LogP contribution is 2.29. The number of aromatic carboxylic acids is 1. The van der Waals surface area contributed by atoms with Crippen LogP contribution in [-0.4, -0.2) is 21.0 Å². The third-order valence-electron chi connectivity index (χ3n) is 1.56. The van der Waals surface area contributed by atoms with Gasteiger partial charge in [0.05, 0.1) is 0 Å². The maximum Gasteiger partial charge on any atom is 0.355 e. The summed E-state index contributed by atoms with van der Waals surface area (Å²) in [5, 5.41) is 10.2. The Morgan fingerprint density at radius 2 is 2.13 bits per heavy atom. The molecular weight excluding hydrogens is 232 g/mol. The van der Waals surface area contributed by atoms with Crippen molar-refractivity contribution in [1.82, 2.24) is 9.97 Å². The molecule has 0 saturated carbocycles. The van der Waals surface area contributed by atoms with Crippen molar-refractivity contribution < 1.29 is 9.90 Å². The van der Waals surface area contributed by atoms with Gasteiger partial charge < -0.3 is 5.11 Å². The molecule has 0 unspecified atom stereocenters. The smallest absolute Gasteiger partial charge is 0.355 e. The Kier molecular flexibility index (Phi) is 2.98. The van der Waals surface area contributed by atoms with E-state index in [0.29, 0.717) is 0 Å². The van der Waals surface area contributed by atoms with Crippen molar-refractivity contribution in [2.75, 3.05) is 0 Å². The molecule has 2 rings (SSSR count). The molecule has 0 aliphatic heterocycles. The van der Waals surface area contributed by atoms with Crippen molar-refractivity contribution in [1.29, 1.82) is 0 Å². The molecule has 0 saturated heterocycles. The molecule has 15 heavy (non-hydrogen) atoms. The van der Waals surface area contributed by atoms with E-state index in [-0.39, 0.29) is 5.69 Å². The molecule has 0 fully saturated rings. The fourth-order valence-corrected chi connectivity index (χ4v) is 2.66. The minimum absolute atomic E-state index is 0.0940. The molecule has 6 heteroatoms. The second-order valence-electron chi connectivity index (χ2n) is 2.59. The largest absolute Gasteiger partial charge is 0.476 e. The Morgan fingerprint density at radius 1 is 1.40 bits per heavy atom. The van der Waals surface area contributed by atoms with Crippen LogP contribution >= 0.6 is 23.1 Å². The summed E-state index contributed by atoms with van der Waals surface area (Å²) in [6.07, 6.45) is 3.38. The van der Waals surface area contributed by atoms with Gasteiger partial charge in [0, 0.05) is 22.7 Å². The Bertz CT molecular complexity index is 470. The lowest BCUT2D eigenvalue weighted by Gasteiger charge is -1.94. The van der Waals surface area contributed by atoms with E-state index in [2.05, 4.69) is 9.97 Å². The number of hydrogen-bond donors (Lipinski definition) is 1. The quantitative estimate of drug-likeness (QED) is 0.889. The predicted octanol–water partition coefficient (Wildman–Crippen LogP) is 2.39. The topological polar surface area (TPSA) is 63.1 Å². The maximum absolute atomic E-state index is 10.6. The number of rotatable bonds is 3. The lowest BCUT2D eigenvalue weighted by molar-refractivity contribution is 0.0691. The zero-order valence-electron chi connectivity index (χ0n) is 7.45. The Balaban J connectivity index is 2.15. The van der Waals surface area contributed by atoms with Crippen molar-refractivity contribution >= 4 is 29.1 Å². The number of aromatic nitrogens is 2. The molecule has 1 N–H and O–H groups in total. The van der Waals surface area contributed by atoms with Gasteiger partial charge in [-0.15, -0.1) is 11.3 Å². The molecule has 76 valence electrons. The lowest BCUT2D eigenvalue weighted by Crippen LogP contribution is -1.95. The summed E-state index contributed by atoms with van der Waals surface area (Å²) >= 11 is 2.75. The van der Waals surface area contributed by atoms with Gasteiger partial charge in [-0.1, -0.05) is 11.8 Å². The highest BCUT2D eigenvalue weighted by molar-refractivity contribution is 8.01. The van der Waals surface area contributed by atoms with E-state index >= 15 is 0 Å². The molecule has 0 atom stereocenters. The van der Waals surface area contributed by atoms with Gasteiger partial charge in [-0.3, -0.25) is 4.98 Å². The normalized spacial score (nSPS) is 10.1. The Hall–Kier alpha value is -1.40. The average Bonchev–Trinajstić information content (AvgIpc) is 2.68. The molecule has 0 radical (unpaired) electrons. The van der Waals surface area contributed by atoms with Crippen LogP contribution in [0.2, 0.25) is 0 Å². The summed E-state index contributed by atoms with van der Waals surface area (Å²) in [5.41, 5.74) is 0.0940. The SMILES string of the molecule is O=C(O)c1csc(Sc2ccncc2)n1. The van der Waals surface area contributed by atoms with Crippen LogP contribution in [0.5, 0.6) is 0 Å². The van der Waals surface area contributed by atoms with Crippen molar-refractivity contribution in [3.63, 3.8) is 0 Å². The molecule has 0 aromatic carbocycles. The molecule has 0 amide bonds. The van der Waals surface area contributed by atoms with E-state index in [1.165, 1.54) is 28.5 Å². The van der Waals surface area contributed by atoms with Crippen LogP contribution in [0.25, 0.3) is 0 Å². The van der Waals surface area contributed by atoms with Gasteiger partial charge in [0.2, 0.25) is 0 Å². The van der Waals surface area contributed by atoms with Gasteiger partial charge in [0.25, 0.3) is 0 Å². The highest BCUT2D eigenvalue weighted by atomic mass is 32.2. The predicted molar refractivity (Wildman–Crippen MR) is 57.4 cm³/mol. The van der Waals surface area contributed by atoms with Crippen molar-refractivity contribution in [2.24, 2.45) is 0 Å². The zero-order chi connectivity index (χ0) is 10.7. The molecule has 0 bridgehead atoms. The molecule has 2 aromatic rings. The van der Waals surface area contributed by atoms with Gasteiger partial charge in [-0.2, -0.15) is 0 Å². The van der Waals surface area contributed by atoms with Crippen LogP contribution in [0.1, 0.15) is 10.5 Å². The Labute approximate surface area is 94.0 Å². The number of nitrogens with zero attached hydrogens (tertiary/aromatic N) is 2. The number of pyridine rings is 1. The minimum Gasteiger partial charge on any atom is -0.476 e. The van der Waals surface area contributed by atoms with Gasteiger partial charge >= 0.3 is 5.97 Å². The first-order valence-electron chi connectivity index (χ1n) is 4.02. The van der Waals surface area contributed by atoms with Gasteiger partial charge in [0.15, 0.2) is 10.0 Å². The van der Waals surface area contributed by atoms with E-state index in [0.717, 1.165) is 9.24 Å². The summed E-state index contributed by atoms with van der Waals surface area (Å²) in [7, 11) is 0. The van der Waals surface area contributed by atoms with Gasteiger partial charge in [-0.05, 0) is 12.1 Å². The van der Waals surface area contributed by atoms with E-state index in [9.17, 15) is 4.79 Å². The molecule has 0 spiro atoms. The molecule has 4 nitrogen and oxygen atoms in total. The summed E-state index contributed by atoms with van der Waals surface area (Å²) in [4.78, 5) is 19.5. The Morgan fingerprint density at radius 3 is 2.73 bits per heavy atom. The summed E-state index contributed by atoms with van der Waals surface area (Å²) in [6, 6.07) is 3.71. The van der Waals surface area contributed by atoms with Crippen LogP contribution in [0.15, 0.2) is 39.1 Å². The summed E-state index contributed by atoms with van der Waals surface area (Å²) < 4.78 is 0.721. The van der Waals surface area contributed by atoms with Crippen molar-refractivity contribution in [3.05, 3.63) is 35.6 Å². The second-order valence-corrected chi connectivity index (χ2v) is 4.77. The molecular formula is C9H6N2O2S2. The van der Waals surface area contributed by atoms with Gasteiger partial charge in [0.1, 0.15) is 0 Å². The van der Waals surface area contributed by atoms with Crippen LogP contribution in [-0.2, 0) is 0 Å². The van der Waals surface area contributed by atoms with Crippen LogP contribution in [0, 0.1) is 0 Å². The van der Waals surface area contributed by atoms with Crippen LogP contribution < -0.4 is 0 Å². The monoisotopic (exact) mass is 238 g/mol. The standard InChI is InChI=1S/C9H6N2O2S2/c12-8(13)7-5-14-9(11-7)15-6-1-3-10-4-2-6/h1-5H,(H,12,13). The number of carboxylic acids is 1. The second kappa shape index (κ2) is 4.41. The first kappa shape index (κ1) is 10.1. The third kappa shape index (κ3) is 2.54. The number of thiazole rings is 1. The summed E-state index contributed by atoms with van der Waals surface area (Å²) in [6.45, 7) is 0. The molecule has 0 aliphatic carbocycles. The number of carbonyl (C=O) groups is 1. The molecule has 2 heterocycles. The first-order chi connectivity index (χ1) is 7.25. The van der Waals surface area contributed by atoms with Crippen molar-refractivity contribution in [3.8, 4) is 0 Å². The third-order valence-corrected chi connectivity index (χ3v) is 3.50. The van der Waals surface area contributed by atoms with Crippen LogP contribution in [0.3, 0.4) is 0 Å². The van der Waals surface area contributed by atoms with Crippen LogP contribution in [0.4, 0.5) is 0 Å². The minimum atomic E-state index is -0.993. The van der Waals surface area contributed by atoms with Gasteiger partial charge in [-0.25, -0.2) is 9.78 Å². The summed E-state index contributed by atoms with van der Waals surface area (Å²) in [5.74, 6) is -0.993. The van der Waals surface area contributed by atoms with E-state index in [1.807, 2.05) is 12.1 Å².